The summed E-state index contributed by atoms with van der Waals surface area (Å²) in [4.78, 5) is 14.2. The number of hydrogen-bond donors (Lipinski definition) is 0. The number of rotatable bonds is 3. The minimum absolute atomic E-state index is 0.0146. The highest BCUT2D eigenvalue weighted by Crippen LogP contribution is 2.51. The summed E-state index contributed by atoms with van der Waals surface area (Å²) < 4.78 is 11.0. The summed E-state index contributed by atoms with van der Waals surface area (Å²) in [5.41, 5.74) is 0.489. The summed E-state index contributed by atoms with van der Waals surface area (Å²) in [5, 5.41) is 0. The van der Waals surface area contributed by atoms with E-state index in [1.54, 1.807) is 0 Å². The van der Waals surface area contributed by atoms with Crippen molar-refractivity contribution in [2.75, 3.05) is 6.54 Å². The van der Waals surface area contributed by atoms with Crippen LogP contribution in [0.1, 0.15) is 5.56 Å². The summed E-state index contributed by atoms with van der Waals surface area (Å²) >= 11 is 0. The Morgan fingerprint density at radius 1 is 1.39 bits per heavy atom. The molecule has 4 nitrogen and oxygen atoms in total. The Hall–Kier alpha value is -1.65. The maximum absolute atomic E-state index is 12.2. The quantitative estimate of drug-likeness (QED) is 0.452. The molecule has 18 heavy (non-hydrogen) atoms. The molecule has 4 rings (SSSR count). The fourth-order valence-corrected chi connectivity index (χ4v) is 2.83. The summed E-state index contributed by atoms with van der Waals surface area (Å²) in [7, 11) is 0. The van der Waals surface area contributed by atoms with E-state index in [2.05, 4.69) is 0 Å². The van der Waals surface area contributed by atoms with Crippen molar-refractivity contribution in [3.05, 3.63) is 48.0 Å². The predicted octanol–water partition coefficient (Wildman–Crippen LogP) is 1.08. The average molecular weight is 243 g/mol. The molecule has 3 heterocycles. The van der Waals surface area contributed by atoms with Crippen molar-refractivity contribution in [3.8, 4) is 0 Å². The summed E-state index contributed by atoms with van der Waals surface area (Å²) in [6.07, 6.45) is 3.84. The fraction of sp³-hybridized carbons (Fsp3) is 0.357. The Balaban J connectivity index is 1.45. The van der Waals surface area contributed by atoms with Crippen molar-refractivity contribution in [2.24, 2.45) is 0 Å². The van der Waals surface area contributed by atoms with Crippen LogP contribution in [0.25, 0.3) is 0 Å². The second kappa shape index (κ2) is 3.43. The van der Waals surface area contributed by atoms with Crippen LogP contribution in [0.4, 0.5) is 0 Å². The molecule has 2 bridgehead atoms. The third kappa shape index (κ3) is 1.24. The van der Waals surface area contributed by atoms with Crippen LogP contribution in [0.2, 0.25) is 0 Å². The first-order valence-corrected chi connectivity index (χ1v) is 6.12. The number of ether oxygens (including phenoxy) is 2. The maximum Gasteiger partial charge on any atom is 0.331 e. The minimum Gasteiger partial charge on any atom is -0.459 e. The standard InChI is InChI=1S/C14H13NO3/c16-13(17-8-10-4-2-1-3-5-10)14-9-15(14)12-7-6-11(14)18-12/h1-7,11-12H,8-9H2/t11-,12+,14-,15?/m0/s1. The van der Waals surface area contributed by atoms with Crippen LogP contribution in [-0.4, -0.2) is 35.3 Å². The largest absolute Gasteiger partial charge is 0.459 e. The monoisotopic (exact) mass is 243 g/mol. The van der Waals surface area contributed by atoms with Crippen LogP contribution in [0.15, 0.2) is 42.5 Å². The van der Waals surface area contributed by atoms with Gasteiger partial charge in [0.2, 0.25) is 0 Å². The van der Waals surface area contributed by atoms with Crippen LogP contribution in [0.3, 0.4) is 0 Å². The fourth-order valence-electron chi connectivity index (χ4n) is 2.83. The molecule has 0 radical (unpaired) electrons. The molecule has 1 unspecified atom stereocenters. The molecule has 1 aromatic rings. The van der Waals surface area contributed by atoms with Gasteiger partial charge in [-0.15, -0.1) is 0 Å². The second-order valence-corrected chi connectivity index (χ2v) is 4.95. The zero-order valence-corrected chi connectivity index (χ0v) is 9.78. The lowest BCUT2D eigenvalue weighted by molar-refractivity contribution is -0.150. The Morgan fingerprint density at radius 3 is 2.94 bits per heavy atom. The first-order valence-electron chi connectivity index (χ1n) is 6.12. The first-order chi connectivity index (χ1) is 8.80. The molecule has 2 fully saturated rings. The molecule has 0 aliphatic carbocycles. The van der Waals surface area contributed by atoms with Crippen molar-refractivity contribution in [2.45, 2.75) is 24.5 Å². The molecule has 2 saturated heterocycles. The van der Waals surface area contributed by atoms with E-state index in [1.165, 1.54) is 0 Å². The van der Waals surface area contributed by atoms with Crippen LogP contribution >= 0.6 is 0 Å². The lowest BCUT2D eigenvalue weighted by Crippen LogP contribution is -2.38. The SMILES string of the molecule is O=C(OCc1ccccc1)[C@@]12CN1[C@H]1C=C[C@@H]2O1. The summed E-state index contributed by atoms with van der Waals surface area (Å²) in [5.74, 6) is -0.164. The van der Waals surface area contributed by atoms with Crippen molar-refractivity contribution < 1.29 is 14.3 Å². The summed E-state index contributed by atoms with van der Waals surface area (Å²) in [6, 6.07) is 9.73. The van der Waals surface area contributed by atoms with Gasteiger partial charge in [0.05, 0.1) is 0 Å². The van der Waals surface area contributed by atoms with Crippen molar-refractivity contribution in [1.82, 2.24) is 4.90 Å². The number of esters is 1. The van der Waals surface area contributed by atoms with Crippen LogP contribution in [0, 0.1) is 0 Å². The predicted molar refractivity (Wildman–Crippen MR) is 63.5 cm³/mol. The molecule has 92 valence electrons. The van der Waals surface area contributed by atoms with Crippen molar-refractivity contribution in [1.29, 1.82) is 0 Å². The number of carbonyl (C=O) groups excluding carboxylic acids is 1. The van der Waals surface area contributed by atoms with Gasteiger partial charge < -0.3 is 9.47 Å². The lowest BCUT2D eigenvalue weighted by atomic mass is 10.0. The van der Waals surface area contributed by atoms with E-state index in [9.17, 15) is 4.79 Å². The highest BCUT2D eigenvalue weighted by Gasteiger charge is 2.73. The van der Waals surface area contributed by atoms with E-state index in [0.717, 1.165) is 12.1 Å². The highest BCUT2D eigenvalue weighted by atomic mass is 16.6. The van der Waals surface area contributed by atoms with E-state index >= 15 is 0 Å². The third-order valence-electron chi connectivity index (χ3n) is 3.90. The molecular weight excluding hydrogens is 230 g/mol. The average Bonchev–Trinajstić information content (AvgIpc) is 2.92. The number of fused-ring (bicyclic) bond motifs is 5. The van der Waals surface area contributed by atoms with E-state index in [0.29, 0.717) is 6.61 Å². The van der Waals surface area contributed by atoms with Crippen LogP contribution in [-0.2, 0) is 20.9 Å². The van der Waals surface area contributed by atoms with E-state index in [4.69, 9.17) is 9.47 Å². The van der Waals surface area contributed by atoms with Gasteiger partial charge in [-0.2, -0.15) is 0 Å². The Labute approximate surface area is 105 Å². The van der Waals surface area contributed by atoms with Gasteiger partial charge in [0, 0.05) is 6.54 Å². The number of carbonyl (C=O) groups is 1. The van der Waals surface area contributed by atoms with Crippen molar-refractivity contribution in [3.63, 3.8) is 0 Å². The molecule has 0 N–H and O–H groups in total. The van der Waals surface area contributed by atoms with Crippen molar-refractivity contribution >= 4 is 5.97 Å². The van der Waals surface area contributed by atoms with Gasteiger partial charge in [0.1, 0.15) is 18.9 Å². The Bertz CT molecular complexity index is 527. The molecule has 0 amide bonds. The molecule has 4 heteroatoms. The third-order valence-corrected chi connectivity index (χ3v) is 3.90. The topological polar surface area (TPSA) is 38.5 Å². The Kier molecular flexibility index (Phi) is 1.96. The van der Waals surface area contributed by atoms with Crippen LogP contribution < -0.4 is 0 Å². The molecule has 0 aromatic heterocycles. The normalized spacial score (nSPS) is 38.6. The van der Waals surface area contributed by atoms with Gasteiger partial charge in [-0.1, -0.05) is 36.4 Å². The zero-order chi connectivity index (χ0) is 12.2. The van der Waals surface area contributed by atoms with Gasteiger partial charge in [0.25, 0.3) is 0 Å². The number of benzene rings is 1. The summed E-state index contributed by atoms with van der Waals surface area (Å²) in [6.45, 7) is 1.08. The number of nitrogens with zero attached hydrogens (tertiary/aromatic N) is 1. The van der Waals surface area contributed by atoms with Gasteiger partial charge in [-0.25, -0.2) is 4.79 Å². The molecule has 3 aliphatic heterocycles. The van der Waals surface area contributed by atoms with Gasteiger partial charge >= 0.3 is 5.97 Å². The van der Waals surface area contributed by atoms with E-state index < -0.39 is 5.54 Å². The van der Waals surface area contributed by atoms with Crippen LogP contribution in [0.5, 0.6) is 0 Å². The van der Waals surface area contributed by atoms with Gasteiger partial charge in [-0.3, -0.25) is 4.90 Å². The zero-order valence-electron chi connectivity index (χ0n) is 9.78. The highest BCUT2D eigenvalue weighted by molar-refractivity contribution is 5.87. The molecular formula is C14H13NO3. The van der Waals surface area contributed by atoms with Gasteiger partial charge in [-0.05, 0) is 11.6 Å². The smallest absolute Gasteiger partial charge is 0.331 e. The lowest BCUT2D eigenvalue weighted by Gasteiger charge is -2.15. The second-order valence-electron chi connectivity index (χ2n) is 4.95. The molecule has 4 atom stereocenters. The van der Waals surface area contributed by atoms with E-state index in [1.807, 2.05) is 47.4 Å². The minimum atomic E-state index is -0.520. The van der Waals surface area contributed by atoms with Gasteiger partial charge in [0.15, 0.2) is 5.54 Å². The first kappa shape index (κ1) is 10.3. The molecule has 3 aliphatic rings. The maximum atomic E-state index is 12.2. The number of hydrogen-bond acceptors (Lipinski definition) is 4. The molecule has 0 spiro atoms. The molecule has 1 aromatic carbocycles. The molecule has 0 saturated carbocycles. The van der Waals surface area contributed by atoms with E-state index in [-0.39, 0.29) is 18.3 Å². The Morgan fingerprint density at radius 2 is 2.22 bits per heavy atom.